The fourth-order valence-electron chi connectivity index (χ4n) is 8.17. The van der Waals surface area contributed by atoms with Crippen LogP contribution in [0.15, 0.2) is 42.5 Å². The van der Waals surface area contributed by atoms with Crippen LogP contribution in [0.2, 0.25) is 5.02 Å². The van der Waals surface area contributed by atoms with Gasteiger partial charge in [-0.15, -0.1) is 0 Å². The van der Waals surface area contributed by atoms with Crippen molar-refractivity contribution < 1.29 is 75.1 Å². The number of nitrogens with zero attached hydrogens (tertiary/aromatic N) is 6. The lowest BCUT2D eigenvalue weighted by Gasteiger charge is -2.25. The van der Waals surface area contributed by atoms with Gasteiger partial charge in [0.2, 0.25) is 15.9 Å². The number of hydrogen-bond donors (Lipinski definition) is 2. The van der Waals surface area contributed by atoms with Crippen molar-refractivity contribution in [1.29, 1.82) is 0 Å². The van der Waals surface area contributed by atoms with E-state index in [4.69, 9.17) is 22.1 Å². The molecule has 2 amide bonds. The number of carbonyl (C=O) groups excluding carboxylic acids is 2. The second-order valence-electron chi connectivity index (χ2n) is 17.7. The Kier molecular flexibility index (Phi) is 15.0. The summed E-state index contributed by atoms with van der Waals surface area (Å²) < 4.78 is 203. The number of nitrogens with one attached hydrogen (secondary N) is 1. The minimum absolute atomic E-state index is 0.0491. The minimum atomic E-state index is -5.25. The number of rotatable bonds is 16. The Morgan fingerprint density at radius 2 is 1.56 bits per heavy atom. The molecule has 71 heavy (non-hydrogen) atoms. The number of aryl methyl sites for hydroxylation is 1. The summed E-state index contributed by atoms with van der Waals surface area (Å²) in [6, 6.07) is 5.18. The largest absolute Gasteiger partial charge is 0.447 e. The number of sulfonamides is 1. The number of halogens is 11. The SMILES string of the molecule is C[C@@H]1c2c(C(F)(F)F)nn(CC(=O)N[C@@H](Cc3cc(F)cc(F)c3)c3nc(CCC(C)(C)S(C)(=O)=O)ccc3-c3ccc(Cl)c4c(N(C(=O)OCCN)S(C)(=O)=O)nn(CC(F)(F)F)c34)c2C(F)(F)[C@@H]1C. The molecular weight excluding hydrogens is 1030 g/mol. The third-order valence-corrected chi connectivity index (χ3v) is 15.6. The van der Waals surface area contributed by atoms with Crippen LogP contribution in [-0.2, 0) is 67.4 Å². The first-order valence-corrected chi connectivity index (χ1v) is 25.3. The number of fused-ring (bicyclic) bond motifs is 2. The Morgan fingerprint density at radius 3 is 2.13 bits per heavy atom. The average molecular weight is 1080 g/mol. The summed E-state index contributed by atoms with van der Waals surface area (Å²) in [7, 11) is -8.54. The van der Waals surface area contributed by atoms with Gasteiger partial charge in [0, 0.05) is 47.2 Å². The van der Waals surface area contributed by atoms with E-state index in [1.807, 2.05) is 0 Å². The summed E-state index contributed by atoms with van der Waals surface area (Å²) in [5.41, 5.74) is -0.0166. The number of anilines is 1. The van der Waals surface area contributed by atoms with Crippen molar-refractivity contribution in [2.45, 2.75) is 95.0 Å². The molecule has 0 bridgehead atoms. The second-order valence-corrected chi connectivity index (χ2v) is 22.6. The number of ether oxygens (including phenoxy) is 1. The van der Waals surface area contributed by atoms with Crippen LogP contribution in [-0.4, -0.2) is 90.0 Å². The van der Waals surface area contributed by atoms with E-state index >= 15 is 8.78 Å². The Hall–Kier alpha value is -5.54. The molecule has 3 aromatic heterocycles. The number of sulfone groups is 1. The lowest BCUT2D eigenvalue weighted by molar-refractivity contribution is -0.143. The number of nitrogens with two attached hydrogens (primary N) is 1. The van der Waals surface area contributed by atoms with Gasteiger partial charge in [0.05, 0.1) is 38.7 Å². The number of pyridine rings is 1. The number of benzene rings is 2. The van der Waals surface area contributed by atoms with E-state index in [0.717, 1.165) is 44.4 Å². The van der Waals surface area contributed by atoms with Crippen molar-refractivity contribution in [3.63, 3.8) is 0 Å². The molecule has 15 nitrogen and oxygen atoms in total. The van der Waals surface area contributed by atoms with Gasteiger partial charge >= 0.3 is 18.4 Å². The zero-order valence-electron chi connectivity index (χ0n) is 38.3. The average Bonchev–Trinajstić information content (AvgIpc) is 3.84. The Morgan fingerprint density at radius 1 is 0.944 bits per heavy atom. The Labute approximate surface area is 404 Å². The third-order valence-electron chi connectivity index (χ3n) is 12.1. The van der Waals surface area contributed by atoms with Crippen molar-refractivity contribution >= 4 is 60.2 Å². The molecule has 0 aliphatic heterocycles. The lowest BCUT2D eigenvalue weighted by atomic mass is 9.93. The van der Waals surface area contributed by atoms with Crippen LogP contribution in [0.25, 0.3) is 22.0 Å². The monoisotopic (exact) mass is 1070 g/mol. The van der Waals surface area contributed by atoms with Gasteiger partial charge in [-0.3, -0.25) is 19.1 Å². The van der Waals surface area contributed by atoms with Crippen LogP contribution in [0.3, 0.4) is 0 Å². The predicted molar refractivity (Wildman–Crippen MR) is 239 cm³/mol. The maximum atomic E-state index is 15.8. The van der Waals surface area contributed by atoms with Crippen molar-refractivity contribution in [1.82, 2.24) is 29.9 Å². The first kappa shape index (κ1) is 54.8. The highest BCUT2D eigenvalue weighted by Gasteiger charge is 2.57. The Bertz CT molecular complexity index is 3110. The van der Waals surface area contributed by atoms with Gasteiger partial charge < -0.3 is 15.8 Å². The highest BCUT2D eigenvalue weighted by atomic mass is 35.5. The number of carbonyl (C=O) groups is 2. The highest BCUT2D eigenvalue weighted by Crippen LogP contribution is 2.55. The van der Waals surface area contributed by atoms with Gasteiger partial charge in [0.25, 0.3) is 5.92 Å². The molecule has 6 rings (SSSR count). The number of aromatic nitrogens is 5. The van der Waals surface area contributed by atoms with Crippen LogP contribution in [0.4, 0.5) is 54.5 Å². The molecule has 28 heteroatoms. The number of amides is 2. The summed E-state index contributed by atoms with van der Waals surface area (Å²) in [6.45, 7) is 0.846. The predicted octanol–water partition coefficient (Wildman–Crippen LogP) is 8.37. The molecular formula is C43H45ClF10N8O7S2. The lowest BCUT2D eigenvalue weighted by Crippen LogP contribution is -2.38. The van der Waals surface area contributed by atoms with E-state index in [2.05, 4.69) is 20.5 Å². The molecule has 0 unspecified atom stereocenters. The fraction of sp³-hybridized carbons (Fsp3) is 0.465. The van der Waals surface area contributed by atoms with Crippen molar-refractivity contribution in [2.75, 3.05) is 30.0 Å². The van der Waals surface area contributed by atoms with Gasteiger partial charge in [-0.25, -0.2) is 30.4 Å². The molecule has 5 aromatic rings. The molecule has 0 fully saturated rings. The molecule has 0 saturated heterocycles. The van der Waals surface area contributed by atoms with Crippen LogP contribution in [0, 0.1) is 17.6 Å². The molecule has 3 heterocycles. The van der Waals surface area contributed by atoms with Gasteiger partial charge in [0.15, 0.2) is 21.3 Å². The normalized spacial score (nSPS) is 16.8. The third kappa shape index (κ3) is 11.4. The molecule has 3 atom stereocenters. The van der Waals surface area contributed by atoms with Crippen molar-refractivity contribution in [2.24, 2.45) is 11.7 Å². The Balaban J connectivity index is 1.64. The van der Waals surface area contributed by atoms with E-state index in [1.54, 1.807) is 0 Å². The molecule has 3 N–H and O–H groups in total. The van der Waals surface area contributed by atoms with E-state index < -0.39 is 149 Å². The van der Waals surface area contributed by atoms with Gasteiger partial charge in [0.1, 0.15) is 37.0 Å². The maximum Gasteiger partial charge on any atom is 0.435 e. The van der Waals surface area contributed by atoms with Crippen molar-refractivity contribution in [3.05, 3.63) is 93.0 Å². The summed E-state index contributed by atoms with van der Waals surface area (Å²) in [6.07, 6.45) is -11.5. The van der Waals surface area contributed by atoms with E-state index in [9.17, 15) is 61.5 Å². The van der Waals surface area contributed by atoms with E-state index in [-0.39, 0.29) is 61.1 Å². The maximum absolute atomic E-state index is 15.8. The fourth-order valence-corrected chi connectivity index (χ4v) is 9.65. The van der Waals surface area contributed by atoms with E-state index in [0.29, 0.717) is 12.3 Å². The van der Waals surface area contributed by atoms with Crippen LogP contribution < -0.4 is 15.4 Å². The zero-order chi connectivity index (χ0) is 53.1. The topological polar surface area (TPSA) is 201 Å². The zero-order valence-corrected chi connectivity index (χ0v) is 40.7. The summed E-state index contributed by atoms with van der Waals surface area (Å²) >= 11 is 6.60. The molecule has 1 aliphatic carbocycles. The minimum Gasteiger partial charge on any atom is -0.447 e. The summed E-state index contributed by atoms with van der Waals surface area (Å²) in [5.74, 6) is -11.5. The molecule has 388 valence electrons. The smallest absolute Gasteiger partial charge is 0.435 e. The first-order chi connectivity index (χ1) is 32.6. The second kappa shape index (κ2) is 19.5. The number of hydrogen-bond acceptors (Lipinski definition) is 11. The molecule has 0 radical (unpaired) electrons. The van der Waals surface area contributed by atoms with Crippen LogP contribution in [0.1, 0.15) is 80.0 Å². The highest BCUT2D eigenvalue weighted by molar-refractivity contribution is 7.92. The van der Waals surface area contributed by atoms with E-state index in [1.165, 1.54) is 26.0 Å². The number of alkyl halides is 8. The molecule has 0 spiro atoms. The quantitative estimate of drug-likeness (QED) is 0.0900. The summed E-state index contributed by atoms with van der Waals surface area (Å²) in [4.78, 5) is 32.2. The molecule has 0 saturated carbocycles. The van der Waals surface area contributed by atoms with Gasteiger partial charge in [-0.2, -0.15) is 49.6 Å². The molecule has 2 aromatic carbocycles. The van der Waals surface area contributed by atoms with Gasteiger partial charge in [-0.05, 0) is 68.9 Å². The van der Waals surface area contributed by atoms with Crippen molar-refractivity contribution in [3.8, 4) is 11.1 Å². The standard InChI is InChI=1S/C43H45ClF10N8O7S2/c1-21-22(2)42(50,51)37-32(21)36(43(52,53)54)58-60(37)19-31(63)57-30(17-23-15-24(45)18-25(46)16-23)34-27(8-7-26(56-34)11-12-40(3,4)70(5,65)66)28-9-10-29(44)33-35(28)61(20-41(47,48)49)59-38(33)62(71(6,67)68)39(64)69-14-13-55/h7-10,15-16,18,21-22,30H,11-14,17,19-20,55H2,1-6H3,(H,57,63)/t21-,22+,30-/m0/s1. The molecule has 1 aliphatic rings. The first-order valence-electron chi connectivity index (χ1n) is 21.2. The van der Waals surface area contributed by atoms with Crippen LogP contribution in [0.5, 0.6) is 0 Å². The van der Waals surface area contributed by atoms with Crippen LogP contribution >= 0.6 is 11.6 Å². The van der Waals surface area contributed by atoms with Gasteiger partial charge in [-0.1, -0.05) is 37.6 Å². The summed E-state index contributed by atoms with van der Waals surface area (Å²) in [5, 5.41) is 8.69.